The SMILES string of the molecule is CC(C)CCC[C@H]1C[C@H]1COCC(C)C. The molecule has 1 nitrogen and oxygen atoms in total. The number of hydrogen-bond acceptors (Lipinski definition) is 1. The summed E-state index contributed by atoms with van der Waals surface area (Å²) >= 11 is 0. The molecular formula is C14H28O. The molecule has 90 valence electrons. The first kappa shape index (κ1) is 13.0. The Hall–Kier alpha value is -0.0400. The minimum absolute atomic E-state index is 0.683. The largest absolute Gasteiger partial charge is 0.381 e. The maximum Gasteiger partial charge on any atom is 0.0497 e. The lowest BCUT2D eigenvalue weighted by atomic mass is 10.0. The van der Waals surface area contributed by atoms with E-state index in [2.05, 4.69) is 27.7 Å². The lowest BCUT2D eigenvalue weighted by Gasteiger charge is -2.06. The number of rotatable bonds is 8. The summed E-state index contributed by atoms with van der Waals surface area (Å²) in [4.78, 5) is 0. The maximum absolute atomic E-state index is 5.68. The fourth-order valence-electron chi connectivity index (χ4n) is 2.11. The van der Waals surface area contributed by atoms with Gasteiger partial charge in [-0.3, -0.25) is 0 Å². The Morgan fingerprint density at radius 1 is 1.07 bits per heavy atom. The molecule has 1 rings (SSSR count). The van der Waals surface area contributed by atoms with Gasteiger partial charge in [0.2, 0.25) is 0 Å². The topological polar surface area (TPSA) is 9.23 Å². The van der Waals surface area contributed by atoms with Gasteiger partial charge in [0, 0.05) is 13.2 Å². The van der Waals surface area contributed by atoms with Gasteiger partial charge in [-0.1, -0.05) is 47.0 Å². The van der Waals surface area contributed by atoms with Gasteiger partial charge in [-0.15, -0.1) is 0 Å². The molecule has 0 N–H and O–H groups in total. The van der Waals surface area contributed by atoms with Crippen LogP contribution in [-0.2, 0) is 4.74 Å². The predicted molar refractivity (Wildman–Crippen MR) is 65.9 cm³/mol. The van der Waals surface area contributed by atoms with E-state index in [4.69, 9.17) is 4.74 Å². The second kappa shape index (κ2) is 6.52. The van der Waals surface area contributed by atoms with Gasteiger partial charge < -0.3 is 4.74 Å². The van der Waals surface area contributed by atoms with Gasteiger partial charge in [-0.25, -0.2) is 0 Å². The summed E-state index contributed by atoms with van der Waals surface area (Å²) in [6.45, 7) is 11.0. The van der Waals surface area contributed by atoms with E-state index in [0.717, 1.165) is 31.0 Å². The number of hydrogen-bond donors (Lipinski definition) is 0. The third-order valence-electron chi connectivity index (χ3n) is 3.21. The number of ether oxygens (including phenoxy) is 1. The van der Waals surface area contributed by atoms with E-state index in [1.54, 1.807) is 0 Å². The van der Waals surface area contributed by atoms with Crippen LogP contribution in [0, 0.1) is 23.7 Å². The Morgan fingerprint density at radius 2 is 1.80 bits per heavy atom. The molecule has 0 unspecified atom stereocenters. The average molecular weight is 212 g/mol. The van der Waals surface area contributed by atoms with Gasteiger partial charge in [0.25, 0.3) is 0 Å². The lowest BCUT2D eigenvalue weighted by Crippen LogP contribution is -2.05. The van der Waals surface area contributed by atoms with Crippen molar-refractivity contribution in [2.24, 2.45) is 23.7 Å². The second-order valence-electron chi connectivity index (χ2n) is 6.01. The quantitative estimate of drug-likeness (QED) is 0.588. The van der Waals surface area contributed by atoms with Crippen LogP contribution in [0.1, 0.15) is 53.4 Å². The van der Waals surface area contributed by atoms with Gasteiger partial charge >= 0.3 is 0 Å². The van der Waals surface area contributed by atoms with Crippen molar-refractivity contribution in [1.29, 1.82) is 0 Å². The third kappa shape index (κ3) is 6.19. The standard InChI is InChI=1S/C14H28O/c1-11(2)6-5-7-13-8-14(13)10-15-9-12(3)4/h11-14H,5-10H2,1-4H3/t13-,14-/m0/s1. The molecule has 1 aliphatic carbocycles. The van der Waals surface area contributed by atoms with Crippen LogP contribution in [0.5, 0.6) is 0 Å². The van der Waals surface area contributed by atoms with Crippen molar-refractivity contribution in [3.8, 4) is 0 Å². The van der Waals surface area contributed by atoms with Gasteiger partial charge in [0.05, 0.1) is 0 Å². The molecule has 1 aliphatic rings. The highest BCUT2D eigenvalue weighted by atomic mass is 16.5. The minimum atomic E-state index is 0.683. The van der Waals surface area contributed by atoms with E-state index >= 15 is 0 Å². The Bertz CT molecular complexity index is 145. The molecule has 0 spiro atoms. The Labute approximate surface area is 95.6 Å². The molecule has 1 saturated carbocycles. The van der Waals surface area contributed by atoms with E-state index in [9.17, 15) is 0 Å². The van der Waals surface area contributed by atoms with Gasteiger partial charge in [0.1, 0.15) is 0 Å². The van der Waals surface area contributed by atoms with Crippen molar-refractivity contribution in [2.45, 2.75) is 53.4 Å². The fourth-order valence-corrected chi connectivity index (χ4v) is 2.11. The van der Waals surface area contributed by atoms with Gasteiger partial charge in [0.15, 0.2) is 0 Å². The molecule has 15 heavy (non-hydrogen) atoms. The van der Waals surface area contributed by atoms with Crippen molar-refractivity contribution in [2.75, 3.05) is 13.2 Å². The maximum atomic E-state index is 5.68. The van der Waals surface area contributed by atoms with Crippen molar-refractivity contribution < 1.29 is 4.74 Å². The normalized spacial score (nSPS) is 25.2. The molecular weight excluding hydrogens is 184 g/mol. The van der Waals surface area contributed by atoms with E-state index in [1.807, 2.05) is 0 Å². The van der Waals surface area contributed by atoms with Crippen molar-refractivity contribution >= 4 is 0 Å². The summed E-state index contributed by atoms with van der Waals surface area (Å²) in [5.41, 5.74) is 0. The summed E-state index contributed by atoms with van der Waals surface area (Å²) in [6.07, 6.45) is 5.68. The molecule has 0 amide bonds. The van der Waals surface area contributed by atoms with E-state index in [1.165, 1.54) is 25.7 Å². The van der Waals surface area contributed by atoms with Gasteiger partial charge in [-0.05, 0) is 30.1 Å². The predicted octanol–water partition coefficient (Wildman–Crippen LogP) is 4.12. The van der Waals surface area contributed by atoms with Crippen LogP contribution in [0.2, 0.25) is 0 Å². The highest BCUT2D eigenvalue weighted by molar-refractivity contribution is 4.85. The smallest absolute Gasteiger partial charge is 0.0497 e. The highest BCUT2D eigenvalue weighted by Crippen LogP contribution is 2.42. The Balaban J connectivity index is 1.89. The van der Waals surface area contributed by atoms with Crippen LogP contribution >= 0.6 is 0 Å². The molecule has 1 fully saturated rings. The summed E-state index contributed by atoms with van der Waals surface area (Å²) in [5, 5.41) is 0. The van der Waals surface area contributed by atoms with Crippen molar-refractivity contribution in [3.05, 3.63) is 0 Å². The Morgan fingerprint density at radius 3 is 2.40 bits per heavy atom. The van der Waals surface area contributed by atoms with Crippen LogP contribution in [0.25, 0.3) is 0 Å². The average Bonchev–Trinajstić information content (AvgIpc) is 2.82. The van der Waals surface area contributed by atoms with E-state index in [-0.39, 0.29) is 0 Å². The van der Waals surface area contributed by atoms with Crippen LogP contribution in [0.3, 0.4) is 0 Å². The molecule has 2 atom stereocenters. The Kier molecular flexibility index (Phi) is 5.66. The monoisotopic (exact) mass is 212 g/mol. The van der Waals surface area contributed by atoms with Crippen LogP contribution in [0.4, 0.5) is 0 Å². The molecule has 0 aromatic carbocycles. The molecule has 0 saturated heterocycles. The van der Waals surface area contributed by atoms with Crippen LogP contribution in [-0.4, -0.2) is 13.2 Å². The summed E-state index contributed by atoms with van der Waals surface area (Å²) in [5.74, 6) is 3.45. The summed E-state index contributed by atoms with van der Waals surface area (Å²) < 4.78 is 5.68. The van der Waals surface area contributed by atoms with E-state index < -0.39 is 0 Å². The van der Waals surface area contributed by atoms with Crippen molar-refractivity contribution in [3.63, 3.8) is 0 Å². The minimum Gasteiger partial charge on any atom is -0.381 e. The first-order valence-corrected chi connectivity index (χ1v) is 6.67. The summed E-state index contributed by atoms with van der Waals surface area (Å²) in [7, 11) is 0. The molecule has 0 aromatic heterocycles. The zero-order valence-electron chi connectivity index (χ0n) is 11.0. The fraction of sp³-hybridized carbons (Fsp3) is 1.00. The first-order valence-electron chi connectivity index (χ1n) is 6.67. The summed E-state index contributed by atoms with van der Waals surface area (Å²) in [6, 6.07) is 0. The molecule has 0 aliphatic heterocycles. The molecule has 0 radical (unpaired) electrons. The first-order chi connectivity index (χ1) is 7.09. The third-order valence-corrected chi connectivity index (χ3v) is 3.21. The molecule has 1 heteroatoms. The van der Waals surface area contributed by atoms with Crippen LogP contribution in [0.15, 0.2) is 0 Å². The molecule has 0 heterocycles. The van der Waals surface area contributed by atoms with E-state index in [0.29, 0.717) is 5.92 Å². The zero-order chi connectivity index (χ0) is 11.3. The van der Waals surface area contributed by atoms with Gasteiger partial charge in [-0.2, -0.15) is 0 Å². The van der Waals surface area contributed by atoms with Crippen molar-refractivity contribution in [1.82, 2.24) is 0 Å². The molecule has 0 aromatic rings. The highest BCUT2D eigenvalue weighted by Gasteiger charge is 2.36. The second-order valence-corrected chi connectivity index (χ2v) is 6.01. The zero-order valence-corrected chi connectivity index (χ0v) is 11.0. The lowest BCUT2D eigenvalue weighted by molar-refractivity contribution is 0.0977. The molecule has 0 bridgehead atoms. The van der Waals surface area contributed by atoms with Crippen LogP contribution < -0.4 is 0 Å².